The second kappa shape index (κ2) is 6.54. The third-order valence-corrected chi connectivity index (χ3v) is 4.32. The lowest BCUT2D eigenvalue weighted by atomic mass is 10.0. The van der Waals surface area contributed by atoms with Crippen LogP contribution in [0.15, 0.2) is 0 Å². The lowest BCUT2D eigenvalue weighted by Gasteiger charge is -2.38. The lowest BCUT2D eigenvalue weighted by Crippen LogP contribution is -2.51. The summed E-state index contributed by atoms with van der Waals surface area (Å²) in [6, 6.07) is 0.00559. The Bertz CT molecular complexity index is 365. The van der Waals surface area contributed by atoms with Crippen molar-refractivity contribution in [1.82, 2.24) is 14.7 Å². The number of hydrogen-bond acceptors (Lipinski definition) is 4. The normalized spacial score (nSPS) is 25.4. The van der Waals surface area contributed by atoms with Crippen molar-refractivity contribution in [2.24, 2.45) is 0 Å². The topological polar surface area (TPSA) is 64.1 Å². The molecule has 1 N–H and O–H groups in total. The Balaban J connectivity index is 1.85. The first-order valence-electron chi connectivity index (χ1n) is 7.40. The van der Waals surface area contributed by atoms with E-state index >= 15 is 0 Å². The fourth-order valence-corrected chi connectivity index (χ4v) is 3.31. The van der Waals surface area contributed by atoms with E-state index in [1.165, 1.54) is 0 Å². The third kappa shape index (κ3) is 3.49. The Morgan fingerprint density at radius 3 is 2.35 bits per heavy atom. The van der Waals surface area contributed by atoms with Crippen LogP contribution in [0.4, 0.5) is 0 Å². The minimum Gasteiger partial charge on any atom is -0.480 e. The number of likely N-dealkylation sites (N-methyl/N-ethyl adjacent to an activating group) is 1. The first-order chi connectivity index (χ1) is 9.49. The Kier molecular flexibility index (Phi) is 4.99. The fraction of sp³-hybridized carbons (Fsp3) is 0.857. The van der Waals surface area contributed by atoms with Crippen LogP contribution in [0.3, 0.4) is 0 Å². The predicted octanol–water partition coefficient (Wildman–Crippen LogP) is 0.0880. The molecule has 0 radical (unpaired) electrons. The minimum atomic E-state index is -0.700. The van der Waals surface area contributed by atoms with Crippen molar-refractivity contribution in [1.29, 1.82) is 0 Å². The maximum absolute atomic E-state index is 12.0. The standard InChI is InChI=1S/C14H25N3O3/c1-15(2)10-13(18)16-8-5-11(6-9-16)17-7-3-4-12(17)14(19)20/h11-12H,3-10H2,1-2H3,(H,19,20). The van der Waals surface area contributed by atoms with Crippen LogP contribution >= 0.6 is 0 Å². The number of carboxylic acids is 1. The summed E-state index contributed by atoms with van der Waals surface area (Å²) < 4.78 is 0. The number of carboxylic acid groups (broad SMARTS) is 1. The zero-order chi connectivity index (χ0) is 14.7. The zero-order valence-electron chi connectivity index (χ0n) is 12.4. The van der Waals surface area contributed by atoms with Crippen molar-refractivity contribution < 1.29 is 14.7 Å². The molecule has 1 unspecified atom stereocenters. The molecule has 2 aliphatic heterocycles. The number of nitrogens with zero attached hydrogens (tertiary/aromatic N) is 3. The highest BCUT2D eigenvalue weighted by Gasteiger charge is 2.37. The number of piperidine rings is 1. The van der Waals surface area contributed by atoms with Gasteiger partial charge < -0.3 is 14.9 Å². The van der Waals surface area contributed by atoms with Crippen molar-refractivity contribution >= 4 is 11.9 Å². The highest BCUT2D eigenvalue weighted by Crippen LogP contribution is 2.26. The van der Waals surface area contributed by atoms with Gasteiger partial charge in [0.1, 0.15) is 6.04 Å². The van der Waals surface area contributed by atoms with Crippen molar-refractivity contribution in [2.75, 3.05) is 40.3 Å². The van der Waals surface area contributed by atoms with E-state index in [9.17, 15) is 14.7 Å². The van der Waals surface area contributed by atoms with E-state index in [-0.39, 0.29) is 11.9 Å². The van der Waals surface area contributed by atoms with Gasteiger partial charge in [-0.25, -0.2) is 0 Å². The van der Waals surface area contributed by atoms with Crippen LogP contribution < -0.4 is 0 Å². The molecule has 20 heavy (non-hydrogen) atoms. The smallest absolute Gasteiger partial charge is 0.320 e. The molecule has 0 bridgehead atoms. The minimum absolute atomic E-state index is 0.171. The molecule has 1 amide bonds. The molecule has 0 spiro atoms. The summed E-state index contributed by atoms with van der Waals surface area (Å²) >= 11 is 0. The molecule has 1 atom stereocenters. The molecule has 6 heteroatoms. The number of carbonyl (C=O) groups is 2. The second-order valence-electron chi connectivity index (χ2n) is 6.08. The van der Waals surface area contributed by atoms with E-state index in [0.29, 0.717) is 12.6 Å². The molecular weight excluding hydrogens is 258 g/mol. The van der Waals surface area contributed by atoms with Crippen LogP contribution in [0.5, 0.6) is 0 Å². The Morgan fingerprint density at radius 2 is 1.80 bits per heavy atom. The Hall–Kier alpha value is -1.14. The molecule has 0 aromatic heterocycles. The molecule has 2 heterocycles. The van der Waals surface area contributed by atoms with Gasteiger partial charge in [-0.3, -0.25) is 14.5 Å². The molecule has 6 nitrogen and oxygen atoms in total. The van der Waals surface area contributed by atoms with Crippen molar-refractivity contribution in [3.05, 3.63) is 0 Å². The maximum Gasteiger partial charge on any atom is 0.320 e. The summed E-state index contributed by atoms with van der Waals surface area (Å²) in [5, 5.41) is 9.24. The first kappa shape index (κ1) is 15.3. The van der Waals surface area contributed by atoms with Gasteiger partial charge in [0.25, 0.3) is 0 Å². The second-order valence-corrected chi connectivity index (χ2v) is 6.08. The quantitative estimate of drug-likeness (QED) is 0.792. The molecule has 0 aromatic carbocycles. The van der Waals surface area contributed by atoms with Crippen molar-refractivity contribution in [2.45, 2.75) is 37.8 Å². The van der Waals surface area contributed by atoms with Crippen molar-refractivity contribution in [3.63, 3.8) is 0 Å². The first-order valence-corrected chi connectivity index (χ1v) is 7.40. The molecule has 0 saturated carbocycles. The van der Waals surface area contributed by atoms with Crippen LogP contribution in [-0.2, 0) is 9.59 Å². The summed E-state index contributed by atoms with van der Waals surface area (Å²) in [5.74, 6) is -0.529. The third-order valence-electron chi connectivity index (χ3n) is 4.32. The largest absolute Gasteiger partial charge is 0.480 e. The molecule has 2 rings (SSSR count). The van der Waals surface area contributed by atoms with Crippen LogP contribution in [0, 0.1) is 0 Å². The average Bonchev–Trinajstić information content (AvgIpc) is 2.87. The van der Waals surface area contributed by atoms with Gasteiger partial charge in [0.2, 0.25) is 5.91 Å². The van der Waals surface area contributed by atoms with E-state index in [1.807, 2.05) is 23.9 Å². The van der Waals surface area contributed by atoms with Crippen molar-refractivity contribution in [3.8, 4) is 0 Å². The molecule has 0 aliphatic carbocycles. The summed E-state index contributed by atoms with van der Waals surface area (Å²) in [6.45, 7) is 2.83. The lowest BCUT2D eigenvalue weighted by molar-refractivity contribution is -0.144. The zero-order valence-corrected chi connectivity index (χ0v) is 12.4. The fourth-order valence-electron chi connectivity index (χ4n) is 3.31. The van der Waals surface area contributed by atoms with Crippen LogP contribution in [-0.4, -0.2) is 84.0 Å². The molecular formula is C14H25N3O3. The van der Waals surface area contributed by atoms with Gasteiger partial charge in [0.15, 0.2) is 0 Å². The van der Waals surface area contributed by atoms with Gasteiger partial charge in [0.05, 0.1) is 6.54 Å². The summed E-state index contributed by atoms with van der Waals surface area (Å²) in [6.07, 6.45) is 3.51. The summed E-state index contributed by atoms with van der Waals surface area (Å²) in [4.78, 5) is 29.1. The molecule has 2 aliphatic rings. The molecule has 0 aromatic rings. The van der Waals surface area contributed by atoms with Gasteiger partial charge in [-0.2, -0.15) is 0 Å². The Morgan fingerprint density at radius 1 is 1.15 bits per heavy atom. The van der Waals surface area contributed by atoms with E-state index < -0.39 is 5.97 Å². The number of carbonyl (C=O) groups excluding carboxylic acids is 1. The van der Waals surface area contributed by atoms with Gasteiger partial charge in [-0.1, -0.05) is 0 Å². The highest BCUT2D eigenvalue weighted by atomic mass is 16.4. The van der Waals surface area contributed by atoms with Gasteiger partial charge in [-0.15, -0.1) is 0 Å². The molecule has 2 saturated heterocycles. The number of aliphatic carboxylic acids is 1. The average molecular weight is 283 g/mol. The summed E-state index contributed by atoms with van der Waals surface area (Å²) in [7, 11) is 3.79. The number of likely N-dealkylation sites (tertiary alicyclic amines) is 2. The van der Waals surface area contributed by atoms with Crippen LogP contribution in [0.2, 0.25) is 0 Å². The number of amides is 1. The molecule has 2 fully saturated rings. The number of hydrogen-bond donors (Lipinski definition) is 1. The van der Waals surface area contributed by atoms with Crippen LogP contribution in [0.25, 0.3) is 0 Å². The number of rotatable bonds is 4. The van der Waals surface area contributed by atoms with E-state index in [0.717, 1.165) is 45.3 Å². The maximum atomic E-state index is 12.0. The monoisotopic (exact) mass is 283 g/mol. The highest BCUT2D eigenvalue weighted by molar-refractivity contribution is 5.78. The van der Waals surface area contributed by atoms with Gasteiger partial charge >= 0.3 is 5.97 Å². The van der Waals surface area contributed by atoms with Gasteiger partial charge in [-0.05, 0) is 46.3 Å². The van der Waals surface area contributed by atoms with E-state index in [1.54, 1.807) is 0 Å². The Labute approximate surface area is 120 Å². The van der Waals surface area contributed by atoms with Gasteiger partial charge in [0, 0.05) is 19.1 Å². The molecule has 114 valence electrons. The van der Waals surface area contributed by atoms with E-state index in [4.69, 9.17) is 0 Å². The van der Waals surface area contributed by atoms with E-state index in [2.05, 4.69) is 4.90 Å². The van der Waals surface area contributed by atoms with Crippen LogP contribution in [0.1, 0.15) is 25.7 Å². The predicted molar refractivity (Wildman–Crippen MR) is 75.5 cm³/mol. The SMILES string of the molecule is CN(C)CC(=O)N1CCC(N2CCCC2C(=O)O)CC1. The summed E-state index contributed by atoms with van der Waals surface area (Å²) in [5.41, 5.74) is 0.